The van der Waals surface area contributed by atoms with Gasteiger partial charge >= 0.3 is 0 Å². The molecule has 0 spiro atoms. The summed E-state index contributed by atoms with van der Waals surface area (Å²) in [4.78, 5) is 34.6. The maximum atomic E-state index is 11.4. The Morgan fingerprint density at radius 2 is 2.21 bits per heavy atom. The van der Waals surface area contributed by atoms with Crippen LogP contribution in [0.5, 0.6) is 0 Å². The molecule has 1 unspecified atom stereocenters. The van der Waals surface area contributed by atoms with Crippen LogP contribution in [0.4, 0.5) is 0 Å². The molecule has 1 saturated heterocycles. The lowest BCUT2D eigenvalue weighted by Crippen LogP contribution is -2.31. The van der Waals surface area contributed by atoms with Gasteiger partial charge in [0.1, 0.15) is 0 Å². The van der Waals surface area contributed by atoms with Crippen LogP contribution in [0.2, 0.25) is 0 Å². The molecular weight excluding hydrogens is 181 g/mol. The van der Waals surface area contributed by atoms with Gasteiger partial charge in [-0.05, 0) is 12.8 Å². The number of likely N-dealkylation sites (tertiary alicyclic amines) is 1. The number of imide groups is 1. The summed E-state index contributed by atoms with van der Waals surface area (Å²) in [5, 5.41) is 0. The Morgan fingerprint density at radius 1 is 1.57 bits per heavy atom. The second kappa shape index (κ2) is 4.40. The molecule has 0 aromatic heterocycles. The van der Waals surface area contributed by atoms with Crippen molar-refractivity contribution in [2.45, 2.75) is 26.2 Å². The molecule has 0 bridgehead atoms. The van der Waals surface area contributed by atoms with Gasteiger partial charge in [-0.25, -0.2) is 0 Å². The van der Waals surface area contributed by atoms with Crippen molar-refractivity contribution >= 4 is 25.3 Å². The van der Waals surface area contributed by atoms with E-state index in [2.05, 4.69) is 0 Å². The number of hydrogen-bond acceptors (Lipinski definition) is 3. The number of carbonyl (C=O) groups excluding carboxylic acids is 3. The average Bonchev–Trinajstić information content (AvgIpc) is 2.31. The quantitative estimate of drug-likeness (QED) is 0.441. The first kappa shape index (κ1) is 11.0. The number of amides is 2. The molecule has 1 atom stereocenters. The molecule has 1 fully saturated rings. The summed E-state index contributed by atoms with van der Waals surface area (Å²) in [6.07, 6.45) is 1.34. The largest absolute Gasteiger partial charge is 0.312 e. The number of carbonyl (C=O) groups is 3. The van der Waals surface area contributed by atoms with Crippen molar-refractivity contribution in [2.75, 3.05) is 6.54 Å². The first-order valence-electron chi connectivity index (χ1n) is 4.86. The monoisotopic (exact) mass is 195 g/mol. The van der Waals surface area contributed by atoms with Gasteiger partial charge in [0, 0.05) is 18.9 Å². The number of hydrogen-bond donors (Lipinski definition) is 0. The third-order valence-electron chi connectivity index (χ3n) is 2.38. The Balaban J connectivity index is 2.41. The highest BCUT2D eigenvalue weighted by Crippen LogP contribution is 2.18. The smallest absolute Gasteiger partial charge is 0.232 e. The topological polar surface area (TPSA) is 54.5 Å². The number of rotatable bonds is 4. The van der Waals surface area contributed by atoms with Crippen LogP contribution in [0, 0.1) is 5.92 Å². The lowest BCUT2D eigenvalue weighted by atomic mass is 9.98. The Morgan fingerprint density at radius 3 is 2.64 bits per heavy atom. The second-order valence-corrected chi connectivity index (χ2v) is 3.79. The van der Waals surface area contributed by atoms with E-state index in [4.69, 9.17) is 0 Å². The lowest BCUT2D eigenvalue weighted by molar-refractivity contribution is -0.139. The van der Waals surface area contributed by atoms with Crippen LogP contribution in [0.25, 0.3) is 0 Å². The Bertz CT molecular complexity index is 277. The molecule has 1 rings (SSSR count). The van der Waals surface area contributed by atoms with E-state index in [9.17, 15) is 14.4 Å². The summed E-state index contributed by atoms with van der Waals surface area (Å²) in [7, 11) is 1.51. The zero-order valence-corrected chi connectivity index (χ0v) is 8.58. The van der Waals surface area contributed by atoms with E-state index < -0.39 is 0 Å². The van der Waals surface area contributed by atoms with Crippen LogP contribution in [-0.2, 0) is 14.4 Å². The molecule has 0 saturated carbocycles. The van der Waals surface area contributed by atoms with Gasteiger partial charge in [-0.15, -0.1) is 0 Å². The van der Waals surface area contributed by atoms with Gasteiger partial charge < -0.3 is 4.79 Å². The molecule has 0 aliphatic carbocycles. The van der Waals surface area contributed by atoms with Crippen LogP contribution < -0.4 is 0 Å². The van der Waals surface area contributed by atoms with E-state index in [1.54, 1.807) is 6.92 Å². The highest BCUT2D eigenvalue weighted by Gasteiger charge is 2.34. The molecule has 0 aromatic rings. The molecule has 0 radical (unpaired) electrons. The summed E-state index contributed by atoms with van der Waals surface area (Å²) < 4.78 is 0. The van der Waals surface area contributed by atoms with Crippen molar-refractivity contribution in [2.24, 2.45) is 5.92 Å². The average molecular weight is 195 g/mol. The molecule has 1 aliphatic rings. The standard InChI is InChI=1S/C9H14BNO3/c1-6-5-8(13)11(9(6)14)4-2-3-7(10)12/h6H,2-5,10H2,1H3. The first-order chi connectivity index (χ1) is 6.52. The Hall–Kier alpha value is -1.13. The lowest BCUT2D eigenvalue weighted by Gasteiger charge is -2.13. The van der Waals surface area contributed by atoms with E-state index in [0.717, 1.165) is 0 Å². The van der Waals surface area contributed by atoms with Crippen LogP contribution in [0.3, 0.4) is 0 Å². The van der Waals surface area contributed by atoms with Crippen molar-refractivity contribution in [3.63, 3.8) is 0 Å². The van der Waals surface area contributed by atoms with Gasteiger partial charge in [0.25, 0.3) is 0 Å². The molecule has 76 valence electrons. The van der Waals surface area contributed by atoms with Gasteiger partial charge in [0.2, 0.25) is 11.8 Å². The third-order valence-corrected chi connectivity index (χ3v) is 2.38. The van der Waals surface area contributed by atoms with Gasteiger partial charge in [-0.1, -0.05) is 6.92 Å². The number of nitrogens with zero attached hydrogens (tertiary/aromatic N) is 1. The molecule has 0 aromatic carbocycles. The predicted octanol–water partition coefficient (Wildman–Crippen LogP) is -0.679. The minimum atomic E-state index is -0.181. The highest BCUT2D eigenvalue weighted by atomic mass is 16.2. The third kappa shape index (κ3) is 2.43. The zero-order chi connectivity index (χ0) is 10.7. The maximum Gasteiger partial charge on any atom is 0.232 e. The molecule has 4 nitrogen and oxygen atoms in total. The highest BCUT2D eigenvalue weighted by molar-refractivity contribution is 6.57. The minimum absolute atomic E-state index is 0.0946. The maximum absolute atomic E-state index is 11.4. The zero-order valence-electron chi connectivity index (χ0n) is 8.58. The van der Waals surface area contributed by atoms with Crippen molar-refractivity contribution < 1.29 is 14.4 Å². The van der Waals surface area contributed by atoms with E-state index >= 15 is 0 Å². The van der Waals surface area contributed by atoms with Crippen LogP contribution >= 0.6 is 0 Å². The molecule has 0 N–H and O–H groups in total. The SMILES string of the molecule is BC(=O)CCCN1C(=O)CC(C)C1=O. The summed E-state index contributed by atoms with van der Waals surface area (Å²) in [5.74, 6) is -0.385. The molecule has 5 heteroatoms. The molecule has 1 aliphatic heterocycles. The van der Waals surface area contributed by atoms with Crippen molar-refractivity contribution in [3.05, 3.63) is 0 Å². The normalized spacial score (nSPS) is 21.8. The molecule has 1 heterocycles. The van der Waals surface area contributed by atoms with Crippen LogP contribution in [-0.4, -0.2) is 36.8 Å². The van der Waals surface area contributed by atoms with Gasteiger partial charge in [-0.2, -0.15) is 0 Å². The summed E-state index contributed by atoms with van der Waals surface area (Å²) in [6, 6.07) is 0. The van der Waals surface area contributed by atoms with E-state index in [0.29, 0.717) is 25.8 Å². The summed E-state index contributed by atoms with van der Waals surface area (Å²) in [6.45, 7) is 2.15. The van der Waals surface area contributed by atoms with Crippen molar-refractivity contribution in [1.29, 1.82) is 0 Å². The second-order valence-electron chi connectivity index (χ2n) is 3.79. The molecule has 2 amide bonds. The predicted molar refractivity (Wildman–Crippen MR) is 53.3 cm³/mol. The van der Waals surface area contributed by atoms with E-state index in [-0.39, 0.29) is 23.4 Å². The van der Waals surface area contributed by atoms with Crippen molar-refractivity contribution in [3.8, 4) is 0 Å². The van der Waals surface area contributed by atoms with E-state index in [1.165, 1.54) is 12.7 Å². The van der Waals surface area contributed by atoms with E-state index in [1.807, 2.05) is 0 Å². The van der Waals surface area contributed by atoms with Gasteiger partial charge in [-0.3, -0.25) is 14.5 Å². The van der Waals surface area contributed by atoms with Gasteiger partial charge in [0.15, 0.2) is 7.85 Å². The Labute approximate surface area is 84.0 Å². The fourth-order valence-electron chi connectivity index (χ4n) is 1.57. The van der Waals surface area contributed by atoms with Crippen molar-refractivity contribution in [1.82, 2.24) is 4.90 Å². The first-order valence-corrected chi connectivity index (χ1v) is 4.86. The fourth-order valence-corrected chi connectivity index (χ4v) is 1.57. The van der Waals surface area contributed by atoms with Crippen LogP contribution in [0.1, 0.15) is 26.2 Å². The molecular formula is C9H14BNO3. The van der Waals surface area contributed by atoms with Gasteiger partial charge in [0.05, 0.1) is 5.68 Å². The molecule has 14 heavy (non-hydrogen) atoms. The fraction of sp³-hybridized carbons (Fsp3) is 0.667. The summed E-state index contributed by atoms with van der Waals surface area (Å²) >= 11 is 0. The Kier molecular flexibility index (Phi) is 3.44. The summed E-state index contributed by atoms with van der Waals surface area (Å²) in [5.41, 5.74) is 0.0946. The minimum Gasteiger partial charge on any atom is -0.312 e. The van der Waals surface area contributed by atoms with Crippen LogP contribution in [0.15, 0.2) is 0 Å².